The zero-order chi connectivity index (χ0) is 12.7. The molecule has 0 saturated heterocycles. The molecule has 1 aromatic heterocycles. The quantitative estimate of drug-likeness (QED) is 0.755. The number of nitrogens with one attached hydrogen (secondary N) is 1. The van der Waals surface area contributed by atoms with Crippen molar-refractivity contribution in [1.29, 1.82) is 0 Å². The van der Waals surface area contributed by atoms with Gasteiger partial charge in [0.25, 0.3) is 0 Å². The van der Waals surface area contributed by atoms with Gasteiger partial charge in [0, 0.05) is 25.4 Å². The fraction of sp³-hybridized carbons (Fsp3) is 0.846. The van der Waals surface area contributed by atoms with Gasteiger partial charge >= 0.3 is 0 Å². The molecule has 0 aromatic carbocycles. The predicted molar refractivity (Wildman–Crippen MR) is 71.2 cm³/mol. The van der Waals surface area contributed by atoms with Crippen molar-refractivity contribution in [2.45, 2.75) is 65.5 Å². The van der Waals surface area contributed by atoms with Gasteiger partial charge in [0.05, 0.1) is 0 Å². The van der Waals surface area contributed by atoms with Crippen LogP contribution in [0.15, 0.2) is 0 Å². The van der Waals surface area contributed by atoms with Crippen molar-refractivity contribution in [3.8, 4) is 0 Å². The lowest BCUT2D eigenvalue weighted by molar-refractivity contribution is 0.449. The summed E-state index contributed by atoms with van der Waals surface area (Å²) >= 11 is 0. The summed E-state index contributed by atoms with van der Waals surface area (Å²) < 4.78 is 2.08. The summed E-state index contributed by atoms with van der Waals surface area (Å²) in [7, 11) is 2.04. The van der Waals surface area contributed by atoms with Crippen molar-refractivity contribution >= 4 is 0 Å². The highest BCUT2D eigenvalue weighted by molar-refractivity contribution is 4.92. The van der Waals surface area contributed by atoms with Crippen molar-refractivity contribution in [3.63, 3.8) is 0 Å². The standard InChI is InChI=1S/C13H26N4/c1-5-11(14-4)9-8-10-17-13(7-3)15-12(6-2)16-17/h11,14H,5-10H2,1-4H3. The van der Waals surface area contributed by atoms with Crippen molar-refractivity contribution in [1.82, 2.24) is 20.1 Å². The molecule has 0 radical (unpaired) electrons. The lowest BCUT2D eigenvalue weighted by Gasteiger charge is -2.13. The fourth-order valence-corrected chi connectivity index (χ4v) is 2.06. The van der Waals surface area contributed by atoms with Gasteiger partial charge in [0.2, 0.25) is 0 Å². The van der Waals surface area contributed by atoms with E-state index in [-0.39, 0.29) is 0 Å². The number of rotatable bonds is 8. The summed E-state index contributed by atoms with van der Waals surface area (Å²) in [5.41, 5.74) is 0. The highest BCUT2D eigenvalue weighted by Gasteiger charge is 2.08. The van der Waals surface area contributed by atoms with Gasteiger partial charge in [-0.3, -0.25) is 0 Å². The molecule has 0 amide bonds. The van der Waals surface area contributed by atoms with Crippen molar-refractivity contribution in [2.75, 3.05) is 7.05 Å². The Kier molecular flexibility index (Phi) is 6.19. The number of hydrogen-bond acceptors (Lipinski definition) is 3. The summed E-state index contributed by atoms with van der Waals surface area (Å²) in [5, 5.41) is 7.87. The third kappa shape index (κ3) is 4.11. The molecule has 0 saturated carbocycles. The monoisotopic (exact) mass is 238 g/mol. The molecule has 1 atom stereocenters. The number of hydrogen-bond donors (Lipinski definition) is 1. The second-order valence-electron chi connectivity index (χ2n) is 4.41. The van der Waals surface area contributed by atoms with Crippen LogP contribution in [0.2, 0.25) is 0 Å². The molecule has 1 heterocycles. The third-order valence-electron chi connectivity index (χ3n) is 3.25. The molecule has 1 rings (SSSR count). The fourth-order valence-electron chi connectivity index (χ4n) is 2.06. The minimum atomic E-state index is 0.634. The first-order chi connectivity index (χ1) is 8.24. The van der Waals surface area contributed by atoms with E-state index in [0.717, 1.165) is 31.0 Å². The third-order valence-corrected chi connectivity index (χ3v) is 3.25. The molecule has 17 heavy (non-hydrogen) atoms. The van der Waals surface area contributed by atoms with Crippen LogP contribution in [0.5, 0.6) is 0 Å². The first-order valence-corrected chi connectivity index (χ1v) is 6.84. The second kappa shape index (κ2) is 7.43. The smallest absolute Gasteiger partial charge is 0.150 e. The van der Waals surface area contributed by atoms with E-state index in [9.17, 15) is 0 Å². The van der Waals surface area contributed by atoms with E-state index in [1.807, 2.05) is 7.05 Å². The van der Waals surface area contributed by atoms with E-state index in [2.05, 4.69) is 40.9 Å². The summed E-state index contributed by atoms with van der Waals surface area (Å²) in [5.74, 6) is 2.10. The van der Waals surface area contributed by atoms with Gasteiger partial charge in [0.15, 0.2) is 5.82 Å². The molecule has 4 heteroatoms. The van der Waals surface area contributed by atoms with Crippen LogP contribution in [0.25, 0.3) is 0 Å². The van der Waals surface area contributed by atoms with Crippen molar-refractivity contribution in [3.05, 3.63) is 11.6 Å². The molecule has 4 nitrogen and oxygen atoms in total. The SMILES string of the molecule is CCc1nc(CC)n(CCCC(CC)NC)n1. The van der Waals surface area contributed by atoms with Crippen LogP contribution in [0.4, 0.5) is 0 Å². The summed E-state index contributed by atoms with van der Waals surface area (Å²) in [4.78, 5) is 4.52. The molecule has 1 aromatic rings. The highest BCUT2D eigenvalue weighted by Crippen LogP contribution is 2.06. The Bertz CT molecular complexity index is 315. The summed E-state index contributed by atoms with van der Waals surface area (Å²) in [6, 6.07) is 0.634. The van der Waals surface area contributed by atoms with Crippen LogP contribution in [0.3, 0.4) is 0 Å². The molecule has 0 aliphatic carbocycles. The van der Waals surface area contributed by atoms with Crippen molar-refractivity contribution in [2.24, 2.45) is 0 Å². The first kappa shape index (κ1) is 14.2. The van der Waals surface area contributed by atoms with Gasteiger partial charge < -0.3 is 5.32 Å². The average Bonchev–Trinajstić information content (AvgIpc) is 2.77. The lowest BCUT2D eigenvalue weighted by atomic mass is 10.1. The molecule has 0 spiro atoms. The van der Waals surface area contributed by atoms with E-state index >= 15 is 0 Å². The van der Waals surface area contributed by atoms with Crippen molar-refractivity contribution < 1.29 is 0 Å². The summed E-state index contributed by atoms with van der Waals surface area (Å²) in [6.07, 6.45) is 5.45. The van der Waals surface area contributed by atoms with Gasteiger partial charge in [-0.15, -0.1) is 0 Å². The minimum absolute atomic E-state index is 0.634. The molecule has 1 N–H and O–H groups in total. The van der Waals surface area contributed by atoms with E-state index in [1.165, 1.54) is 19.3 Å². The lowest BCUT2D eigenvalue weighted by Crippen LogP contribution is -2.24. The maximum absolute atomic E-state index is 4.53. The average molecular weight is 238 g/mol. The van der Waals surface area contributed by atoms with Crippen LogP contribution in [-0.2, 0) is 19.4 Å². The molecule has 0 aliphatic heterocycles. The molecule has 1 unspecified atom stereocenters. The van der Waals surface area contributed by atoms with E-state index < -0.39 is 0 Å². The molecular weight excluding hydrogens is 212 g/mol. The van der Waals surface area contributed by atoms with E-state index in [4.69, 9.17) is 0 Å². The highest BCUT2D eigenvalue weighted by atomic mass is 15.3. The Morgan fingerprint density at radius 2 is 2.00 bits per heavy atom. The van der Waals surface area contributed by atoms with E-state index in [1.54, 1.807) is 0 Å². The number of aryl methyl sites for hydroxylation is 3. The Hall–Kier alpha value is -0.900. The molecule has 0 bridgehead atoms. The van der Waals surface area contributed by atoms with Crippen LogP contribution in [0.1, 0.15) is 51.7 Å². The van der Waals surface area contributed by atoms with Gasteiger partial charge in [-0.1, -0.05) is 20.8 Å². The van der Waals surface area contributed by atoms with Crippen LogP contribution in [-0.4, -0.2) is 27.9 Å². The van der Waals surface area contributed by atoms with Gasteiger partial charge in [-0.05, 0) is 26.3 Å². The maximum Gasteiger partial charge on any atom is 0.150 e. The van der Waals surface area contributed by atoms with Gasteiger partial charge in [0.1, 0.15) is 5.82 Å². The van der Waals surface area contributed by atoms with Crippen LogP contribution in [0, 0.1) is 0 Å². The van der Waals surface area contributed by atoms with Crippen LogP contribution < -0.4 is 5.32 Å². The predicted octanol–water partition coefficient (Wildman–Crippen LogP) is 2.18. The van der Waals surface area contributed by atoms with Gasteiger partial charge in [-0.25, -0.2) is 9.67 Å². The normalized spacial score (nSPS) is 12.9. The maximum atomic E-state index is 4.53. The molecule has 0 fully saturated rings. The molecule has 98 valence electrons. The Labute approximate surface area is 105 Å². The summed E-state index contributed by atoms with van der Waals surface area (Å²) in [6.45, 7) is 7.47. The second-order valence-corrected chi connectivity index (χ2v) is 4.41. The number of nitrogens with zero attached hydrogens (tertiary/aromatic N) is 3. The minimum Gasteiger partial charge on any atom is -0.317 e. The Morgan fingerprint density at radius 3 is 2.53 bits per heavy atom. The Morgan fingerprint density at radius 1 is 1.24 bits per heavy atom. The first-order valence-electron chi connectivity index (χ1n) is 6.84. The topological polar surface area (TPSA) is 42.7 Å². The van der Waals surface area contributed by atoms with Gasteiger partial charge in [-0.2, -0.15) is 5.10 Å². The molecular formula is C13H26N4. The Balaban J connectivity index is 2.47. The zero-order valence-electron chi connectivity index (χ0n) is 11.7. The van der Waals surface area contributed by atoms with E-state index in [0.29, 0.717) is 6.04 Å². The molecule has 0 aliphatic rings. The van der Waals surface area contributed by atoms with Crippen LogP contribution >= 0.6 is 0 Å². The number of aromatic nitrogens is 3. The zero-order valence-corrected chi connectivity index (χ0v) is 11.7. The largest absolute Gasteiger partial charge is 0.317 e.